The average Bonchev–Trinajstić information content (AvgIpc) is 2.73. The Labute approximate surface area is 109 Å². The van der Waals surface area contributed by atoms with Gasteiger partial charge in [0, 0.05) is 11.8 Å². The largest absolute Gasteiger partial charge is 0.497 e. The van der Waals surface area contributed by atoms with Crippen molar-refractivity contribution in [2.24, 2.45) is 0 Å². The van der Waals surface area contributed by atoms with Crippen LogP contribution in [0, 0.1) is 0 Å². The summed E-state index contributed by atoms with van der Waals surface area (Å²) in [5.74, 6) is 0.703. The SMILES string of the molecule is COc1cccc(-n2c(=O)[nH]c3cc(N)ccc32)c1. The van der Waals surface area contributed by atoms with Crippen LogP contribution in [-0.4, -0.2) is 16.7 Å². The van der Waals surface area contributed by atoms with E-state index in [4.69, 9.17) is 10.5 Å². The Morgan fingerprint density at radius 2 is 2.05 bits per heavy atom. The fraction of sp³-hybridized carbons (Fsp3) is 0.0714. The zero-order valence-corrected chi connectivity index (χ0v) is 10.4. The van der Waals surface area contributed by atoms with Gasteiger partial charge in [-0.15, -0.1) is 0 Å². The Morgan fingerprint density at radius 1 is 1.21 bits per heavy atom. The molecular formula is C14H13N3O2. The molecule has 0 saturated carbocycles. The van der Waals surface area contributed by atoms with Gasteiger partial charge in [0.2, 0.25) is 0 Å². The lowest BCUT2D eigenvalue weighted by molar-refractivity contribution is 0.414. The molecule has 0 atom stereocenters. The Hall–Kier alpha value is -2.69. The van der Waals surface area contributed by atoms with Crippen molar-refractivity contribution in [3.05, 3.63) is 52.9 Å². The number of nitrogen functional groups attached to an aromatic ring is 1. The van der Waals surface area contributed by atoms with Gasteiger partial charge in [-0.2, -0.15) is 0 Å². The monoisotopic (exact) mass is 255 g/mol. The van der Waals surface area contributed by atoms with Crippen LogP contribution in [-0.2, 0) is 0 Å². The van der Waals surface area contributed by atoms with Crippen molar-refractivity contribution in [3.63, 3.8) is 0 Å². The van der Waals surface area contributed by atoms with Crippen LogP contribution in [0.15, 0.2) is 47.3 Å². The lowest BCUT2D eigenvalue weighted by Crippen LogP contribution is -2.14. The number of hydrogen-bond acceptors (Lipinski definition) is 3. The number of nitrogens with zero attached hydrogens (tertiary/aromatic N) is 1. The van der Waals surface area contributed by atoms with Crippen LogP contribution in [0.1, 0.15) is 0 Å². The molecule has 3 aromatic rings. The molecule has 2 aromatic carbocycles. The second-order valence-electron chi connectivity index (χ2n) is 4.24. The standard InChI is InChI=1S/C14H13N3O2/c1-19-11-4-2-3-10(8-11)17-13-6-5-9(15)7-12(13)16-14(17)18/h2-8H,15H2,1H3,(H,16,18). The molecule has 0 fully saturated rings. The molecule has 0 bridgehead atoms. The van der Waals surface area contributed by atoms with E-state index in [0.29, 0.717) is 17.0 Å². The Balaban J connectivity index is 2.29. The van der Waals surface area contributed by atoms with E-state index in [0.717, 1.165) is 11.2 Å². The van der Waals surface area contributed by atoms with E-state index in [9.17, 15) is 4.79 Å². The molecule has 3 rings (SSSR count). The molecule has 96 valence electrons. The zero-order chi connectivity index (χ0) is 13.4. The summed E-state index contributed by atoms with van der Waals surface area (Å²) in [4.78, 5) is 14.9. The number of anilines is 1. The van der Waals surface area contributed by atoms with E-state index in [1.165, 1.54) is 0 Å². The topological polar surface area (TPSA) is 73.0 Å². The summed E-state index contributed by atoms with van der Waals surface area (Å²) in [5.41, 5.74) is 8.38. The first kappa shape index (κ1) is 11.4. The Bertz CT molecular complexity index is 802. The first-order valence-corrected chi connectivity index (χ1v) is 5.84. The number of methoxy groups -OCH3 is 1. The molecule has 0 aliphatic heterocycles. The van der Waals surface area contributed by atoms with Crippen LogP contribution in [0.4, 0.5) is 5.69 Å². The van der Waals surface area contributed by atoms with Gasteiger partial charge in [-0.1, -0.05) is 6.07 Å². The third kappa shape index (κ3) is 1.85. The average molecular weight is 255 g/mol. The van der Waals surface area contributed by atoms with Crippen molar-refractivity contribution in [2.45, 2.75) is 0 Å². The Morgan fingerprint density at radius 3 is 2.84 bits per heavy atom. The predicted octanol–water partition coefficient (Wildman–Crippen LogP) is 1.91. The van der Waals surface area contributed by atoms with E-state index in [2.05, 4.69) is 4.98 Å². The van der Waals surface area contributed by atoms with Crippen molar-refractivity contribution < 1.29 is 4.74 Å². The first-order valence-electron chi connectivity index (χ1n) is 5.84. The van der Waals surface area contributed by atoms with Crippen LogP contribution in [0.2, 0.25) is 0 Å². The lowest BCUT2D eigenvalue weighted by Gasteiger charge is -2.05. The van der Waals surface area contributed by atoms with Crippen molar-refractivity contribution >= 4 is 16.7 Å². The summed E-state index contributed by atoms with van der Waals surface area (Å²) in [6, 6.07) is 12.7. The minimum absolute atomic E-state index is 0.200. The molecule has 0 aliphatic carbocycles. The highest BCUT2D eigenvalue weighted by atomic mass is 16.5. The maximum atomic E-state index is 12.1. The van der Waals surface area contributed by atoms with Gasteiger partial charge in [-0.25, -0.2) is 4.79 Å². The van der Waals surface area contributed by atoms with Gasteiger partial charge in [0.15, 0.2) is 0 Å². The van der Waals surface area contributed by atoms with E-state index < -0.39 is 0 Å². The van der Waals surface area contributed by atoms with Crippen molar-refractivity contribution in [1.29, 1.82) is 0 Å². The third-order valence-corrected chi connectivity index (χ3v) is 3.02. The molecule has 19 heavy (non-hydrogen) atoms. The molecule has 0 spiro atoms. The predicted molar refractivity (Wildman–Crippen MR) is 74.9 cm³/mol. The summed E-state index contributed by atoms with van der Waals surface area (Å²) in [5, 5.41) is 0. The summed E-state index contributed by atoms with van der Waals surface area (Å²) in [6.45, 7) is 0. The summed E-state index contributed by atoms with van der Waals surface area (Å²) in [6.07, 6.45) is 0. The van der Waals surface area contributed by atoms with Crippen LogP contribution < -0.4 is 16.2 Å². The molecule has 5 nitrogen and oxygen atoms in total. The lowest BCUT2D eigenvalue weighted by atomic mass is 10.2. The van der Waals surface area contributed by atoms with E-state index in [1.807, 2.05) is 30.3 Å². The van der Waals surface area contributed by atoms with E-state index >= 15 is 0 Å². The van der Waals surface area contributed by atoms with Crippen molar-refractivity contribution in [2.75, 3.05) is 12.8 Å². The van der Waals surface area contributed by atoms with Crippen LogP contribution in [0.5, 0.6) is 5.75 Å². The highest BCUT2D eigenvalue weighted by molar-refractivity contribution is 5.80. The first-order chi connectivity index (χ1) is 9.19. The number of fused-ring (bicyclic) bond motifs is 1. The fourth-order valence-electron chi connectivity index (χ4n) is 2.14. The minimum atomic E-state index is -0.200. The molecule has 0 saturated heterocycles. The van der Waals surface area contributed by atoms with Crippen molar-refractivity contribution in [1.82, 2.24) is 9.55 Å². The minimum Gasteiger partial charge on any atom is -0.497 e. The van der Waals surface area contributed by atoms with E-state index in [1.54, 1.807) is 23.8 Å². The molecule has 0 unspecified atom stereocenters. The molecule has 0 aliphatic rings. The number of imidazole rings is 1. The molecule has 0 radical (unpaired) electrons. The van der Waals surface area contributed by atoms with Crippen molar-refractivity contribution in [3.8, 4) is 11.4 Å². The summed E-state index contributed by atoms with van der Waals surface area (Å²) >= 11 is 0. The zero-order valence-electron chi connectivity index (χ0n) is 10.4. The second-order valence-corrected chi connectivity index (χ2v) is 4.24. The summed E-state index contributed by atoms with van der Waals surface area (Å²) < 4.78 is 6.77. The maximum Gasteiger partial charge on any atom is 0.331 e. The number of H-pyrrole nitrogens is 1. The highest BCUT2D eigenvalue weighted by Crippen LogP contribution is 2.20. The van der Waals surface area contributed by atoms with Crippen LogP contribution in [0.25, 0.3) is 16.7 Å². The van der Waals surface area contributed by atoms with Gasteiger partial charge in [-0.05, 0) is 30.3 Å². The molecular weight excluding hydrogens is 242 g/mol. The van der Waals surface area contributed by atoms with Gasteiger partial charge in [0.1, 0.15) is 5.75 Å². The normalized spacial score (nSPS) is 10.8. The fourth-order valence-corrected chi connectivity index (χ4v) is 2.14. The third-order valence-electron chi connectivity index (χ3n) is 3.02. The maximum absolute atomic E-state index is 12.1. The second kappa shape index (κ2) is 4.20. The van der Waals surface area contributed by atoms with Gasteiger partial charge < -0.3 is 15.5 Å². The number of aromatic amines is 1. The molecule has 1 heterocycles. The van der Waals surface area contributed by atoms with E-state index in [-0.39, 0.29) is 5.69 Å². The molecule has 1 aromatic heterocycles. The number of nitrogens with one attached hydrogen (secondary N) is 1. The smallest absolute Gasteiger partial charge is 0.331 e. The van der Waals surface area contributed by atoms with Gasteiger partial charge >= 0.3 is 5.69 Å². The quantitative estimate of drug-likeness (QED) is 0.687. The molecule has 3 N–H and O–H groups in total. The Kier molecular flexibility index (Phi) is 2.52. The number of hydrogen-bond donors (Lipinski definition) is 2. The van der Waals surface area contributed by atoms with Crippen LogP contribution >= 0.6 is 0 Å². The summed E-state index contributed by atoms with van der Waals surface area (Å²) in [7, 11) is 1.60. The number of benzene rings is 2. The number of rotatable bonds is 2. The van der Waals surface area contributed by atoms with Crippen LogP contribution in [0.3, 0.4) is 0 Å². The molecule has 5 heteroatoms. The van der Waals surface area contributed by atoms with Gasteiger partial charge in [0.05, 0.1) is 23.8 Å². The van der Waals surface area contributed by atoms with Gasteiger partial charge in [-0.3, -0.25) is 4.57 Å². The molecule has 0 amide bonds. The number of ether oxygens (including phenoxy) is 1. The highest BCUT2D eigenvalue weighted by Gasteiger charge is 2.09. The number of aromatic nitrogens is 2. The van der Waals surface area contributed by atoms with Gasteiger partial charge in [0.25, 0.3) is 0 Å². The number of nitrogens with two attached hydrogens (primary N) is 1.